The largest absolute Gasteiger partial charge is 0.493 e. The van der Waals surface area contributed by atoms with Gasteiger partial charge in [-0.15, -0.1) is 0 Å². The van der Waals surface area contributed by atoms with Gasteiger partial charge in [-0.05, 0) is 60.0 Å². The molecule has 0 aliphatic rings. The van der Waals surface area contributed by atoms with Crippen molar-refractivity contribution in [2.24, 2.45) is 16.6 Å². The molecule has 0 radical (unpaired) electrons. The number of benzene rings is 2. The van der Waals surface area contributed by atoms with E-state index in [4.69, 9.17) is 21.0 Å². The summed E-state index contributed by atoms with van der Waals surface area (Å²) in [6.45, 7) is 2.29. The lowest BCUT2D eigenvalue weighted by molar-refractivity contribution is -0.138. The number of hydrogen-bond acceptors (Lipinski definition) is 6. The number of carboxylic acid groups (broad SMARTS) is 1. The van der Waals surface area contributed by atoms with Gasteiger partial charge in [-0.3, -0.25) is 4.79 Å². The second-order valence-electron chi connectivity index (χ2n) is 6.82. The Balaban J connectivity index is 1.96. The molecular weight excluding hydrogens is 504 g/mol. The molecule has 6 N–H and O–H groups in total. The van der Waals surface area contributed by atoms with Gasteiger partial charge in [0.2, 0.25) is 16.0 Å². The zero-order valence-corrected chi connectivity index (χ0v) is 19.7. The minimum atomic E-state index is -4.02. The topological polar surface area (TPSA) is 166 Å². The van der Waals surface area contributed by atoms with Gasteiger partial charge in [0.15, 0.2) is 0 Å². The molecule has 0 aromatic heterocycles. The smallest absolute Gasteiger partial charge is 0.322 e. The van der Waals surface area contributed by atoms with Crippen molar-refractivity contribution in [3.8, 4) is 5.75 Å². The molecule has 174 valence electrons. The van der Waals surface area contributed by atoms with Gasteiger partial charge in [-0.1, -0.05) is 28.1 Å². The maximum Gasteiger partial charge on any atom is 0.322 e. The summed E-state index contributed by atoms with van der Waals surface area (Å²) in [6.07, 6.45) is 0.521. The van der Waals surface area contributed by atoms with Crippen molar-refractivity contribution in [1.82, 2.24) is 4.72 Å². The lowest BCUT2D eigenvalue weighted by Gasteiger charge is -2.16. The van der Waals surface area contributed by atoms with E-state index in [-0.39, 0.29) is 23.9 Å². The van der Waals surface area contributed by atoms with Crippen LogP contribution in [-0.2, 0) is 26.1 Å². The highest BCUT2D eigenvalue weighted by Gasteiger charge is 2.26. The number of aryl methyl sites for hydroxylation is 1. The molecule has 0 amide bonds. The quantitative estimate of drug-likeness (QED) is 0.140. The van der Waals surface area contributed by atoms with Crippen LogP contribution in [-0.4, -0.2) is 44.7 Å². The molecule has 2 aromatic carbocycles. The van der Waals surface area contributed by atoms with Crippen LogP contribution in [0.5, 0.6) is 5.75 Å². The second kappa shape index (κ2) is 11.7. The third kappa shape index (κ3) is 8.02. The van der Waals surface area contributed by atoms with Crippen molar-refractivity contribution in [1.29, 1.82) is 0 Å². The van der Waals surface area contributed by atoms with Crippen LogP contribution in [0, 0.1) is 6.92 Å². The van der Waals surface area contributed by atoms with E-state index < -0.39 is 22.0 Å². The molecule has 1 unspecified atom stereocenters. The van der Waals surface area contributed by atoms with Gasteiger partial charge in [0.1, 0.15) is 18.4 Å². The Kier molecular flexibility index (Phi) is 9.29. The molecule has 10 nitrogen and oxygen atoms in total. The number of aliphatic carboxylic acids is 1. The first-order valence-electron chi connectivity index (χ1n) is 9.52. The number of oxime groups is 1. The van der Waals surface area contributed by atoms with Crippen LogP contribution < -0.4 is 20.9 Å². The van der Waals surface area contributed by atoms with Gasteiger partial charge in [0.25, 0.3) is 0 Å². The lowest BCUT2D eigenvalue weighted by atomic mass is 10.1. The van der Waals surface area contributed by atoms with Crippen LogP contribution in [0.3, 0.4) is 0 Å². The minimum Gasteiger partial charge on any atom is -0.493 e. The van der Waals surface area contributed by atoms with Crippen LogP contribution in [0.1, 0.15) is 17.5 Å². The van der Waals surface area contributed by atoms with Crippen molar-refractivity contribution in [2.45, 2.75) is 30.7 Å². The van der Waals surface area contributed by atoms with Crippen molar-refractivity contribution in [2.75, 3.05) is 13.2 Å². The molecule has 2 aromatic rings. The number of guanidine groups is 1. The standard InChI is InChI=1S/C20H25BrN4O6S/c1-13-11-15(21)5-8-18(13)32(28,29)25-17(19(26)27)12-14-3-6-16(7-4-14)30-9-2-10-31-24-20(22)23/h3-8,11,17,25H,2,9-10,12H2,1H3,(H,26,27)(H4,22,23,24). The Morgan fingerprint density at radius 1 is 1.19 bits per heavy atom. The fourth-order valence-corrected chi connectivity index (χ4v) is 4.63. The molecule has 1 atom stereocenters. The van der Waals surface area contributed by atoms with E-state index >= 15 is 0 Å². The second-order valence-corrected chi connectivity index (χ2v) is 9.42. The molecule has 0 aliphatic heterocycles. The van der Waals surface area contributed by atoms with Gasteiger partial charge in [0, 0.05) is 10.9 Å². The molecule has 32 heavy (non-hydrogen) atoms. The average molecular weight is 529 g/mol. The monoisotopic (exact) mass is 528 g/mol. The molecule has 0 saturated carbocycles. The summed E-state index contributed by atoms with van der Waals surface area (Å²) in [6, 6.07) is 10.0. The van der Waals surface area contributed by atoms with Gasteiger partial charge < -0.3 is 26.1 Å². The van der Waals surface area contributed by atoms with Crippen LogP contribution in [0.15, 0.2) is 57.0 Å². The summed E-state index contributed by atoms with van der Waals surface area (Å²) in [5, 5.41) is 12.9. The molecule has 0 spiro atoms. The first-order valence-corrected chi connectivity index (χ1v) is 11.8. The molecule has 0 fully saturated rings. The van der Waals surface area contributed by atoms with Crippen molar-refractivity contribution in [3.05, 3.63) is 58.1 Å². The fourth-order valence-electron chi connectivity index (χ4n) is 2.74. The van der Waals surface area contributed by atoms with E-state index in [1.165, 1.54) is 6.07 Å². The van der Waals surface area contributed by atoms with Gasteiger partial charge in [-0.2, -0.15) is 4.72 Å². The Bertz CT molecular complexity index is 1060. The predicted molar refractivity (Wildman–Crippen MR) is 123 cm³/mol. The van der Waals surface area contributed by atoms with Crippen LogP contribution in [0.4, 0.5) is 0 Å². The maximum atomic E-state index is 12.7. The van der Waals surface area contributed by atoms with E-state index in [1.807, 2.05) is 0 Å². The number of nitrogens with two attached hydrogens (primary N) is 2. The summed E-state index contributed by atoms with van der Waals surface area (Å²) < 4.78 is 34.0. The molecule has 0 heterocycles. The molecule has 0 bridgehead atoms. The van der Waals surface area contributed by atoms with Crippen molar-refractivity contribution >= 4 is 37.9 Å². The number of nitrogens with one attached hydrogen (secondary N) is 1. The predicted octanol–water partition coefficient (Wildman–Crippen LogP) is 1.71. The van der Waals surface area contributed by atoms with E-state index in [1.54, 1.807) is 43.3 Å². The Hall–Kier alpha value is -2.83. The highest BCUT2D eigenvalue weighted by Crippen LogP contribution is 2.21. The highest BCUT2D eigenvalue weighted by atomic mass is 79.9. The number of sulfonamides is 1. The Morgan fingerprint density at radius 2 is 1.88 bits per heavy atom. The number of nitrogens with zero attached hydrogens (tertiary/aromatic N) is 1. The van der Waals surface area contributed by atoms with E-state index in [0.29, 0.717) is 29.9 Å². The van der Waals surface area contributed by atoms with Crippen LogP contribution in [0.2, 0.25) is 0 Å². The average Bonchev–Trinajstić information content (AvgIpc) is 2.70. The molecule has 0 saturated heterocycles. The molecular formula is C20H25BrN4O6S. The molecule has 2 rings (SSSR count). The summed E-state index contributed by atoms with van der Waals surface area (Å²) in [5.41, 5.74) is 11.4. The number of ether oxygens (including phenoxy) is 1. The number of hydrogen-bond donors (Lipinski definition) is 4. The first-order chi connectivity index (χ1) is 15.1. The van der Waals surface area contributed by atoms with Crippen LogP contribution >= 0.6 is 15.9 Å². The van der Waals surface area contributed by atoms with E-state index in [2.05, 4.69) is 25.8 Å². The SMILES string of the molecule is Cc1cc(Br)ccc1S(=O)(=O)NC(Cc1ccc(OCCCON=C(N)N)cc1)C(=O)O. The van der Waals surface area contributed by atoms with Crippen LogP contribution in [0.25, 0.3) is 0 Å². The number of halogens is 1. The number of carboxylic acids is 1. The third-order valence-corrected chi connectivity index (χ3v) is 6.33. The van der Waals surface area contributed by atoms with Gasteiger partial charge in [0.05, 0.1) is 11.5 Å². The third-order valence-electron chi connectivity index (χ3n) is 4.20. The zero-order valence-electron chi connectivity index (χ0n) is 17.3. The van der Waals surface area contributed by atoms with E-state index in [0.717, 1.165) is 4.47 Å². The van der Waals surface area contributed by atoms with Gasteiger partial charge >= 0.3 is 5.97 Å². The normalized spacial score (nSPS) is 12.1. The fraction of sp³-hybridized carbons (Fsp3) is 0.300. The first kappa shape index (κ1) is 25.4. The Morgan fingerprint density at radius 3 is 2.47 bits per heavy atom. The lowest BCUT2D eigenvalue weighted by Crippen LogP contribution is -2.42. The van der Waals surface area contributed by atoms with E-state index in [9.17, 15) is 18.3 Å². The zero-order chi connectivity index (χ0) is 23.7. The summed E-state index contributed by atoms with van der Waals surface area (Å²) in [5.74, 6) is -0.853. The Labute approximate surface area is 194 Å². The maximum absolute atomic E-state index is 12.7. The minimum absolute atomic E-state index is 0.0273. The summed E-state index contributed by atoms with van der Waals surface area (Å²) >= 11 is 3.28. The number of rotatable bonds is 12. The van der Waals surface area contributed by atoms with Gasteiger partial charge in [-0.25, -0.2) is 8.42 Å². The van der Waals surface area contributed by atoms with Crippen molar-refractivity contribution < 1.29 is 27.9 Å². The number of carbonyl (C=O) groups is 1. The highest BCUT2D eigenvalue weighted by molar-refractivity contribution is 9.10. The van der Waals surface area contributed by atoms with Crippen molar-refractivity contribution in [3.63, 3.8) is 0 Å². The molecule has 12 heteroatoms. The summed E-state index contributed by atoms with van der Waals surface area (Å²) in [7, 11) is -4.02. The molecule has 0 aliphatic carbocycles. The summed E-state index contributed by atoms with van der Waals surface area (Å²) in [4.78, 5) is 16.6.